The fourth-order valence-corrected chi connectivity index (χ4v) is 1.35. The van der Waals surface area contributed by atoms with E-state index in [-0.39, 0.29) is 6.54 Å². The van der Waals surface area contributed by atoms with Crippen LogP contribution < -0.4 is 0 Å². The van der Waals surface area contributed by atoms with Crippen LogP contribution in [-0.2, 0) is 16.1 Å². The average Bonchev–Trinajstić information content (AvgIpc) is 2.48. The van der Waals surface area contributed by atoms with Crippen LogP contribution in [0.4, 0.5) is 0 Å². The first-order chi connectivity index (χ1) is 6.45. The number of carbonyl (C=O) groups is 1. The molecule has 0 aliphatic rings. The van der Waals surface area contributed by atoms with Gasteiger partial charge in [0.1, 0.15) is 0 Å². The Hall–Kier alpha value is -0.880. The second-order valence-electron chi connectivity index (χ2n) is 3.12. The van der Waals surface area contributed by atoms with Gasteiger partial charge in [-0.25, -0.2) is 4.79 Å². The maximum atomic E-state index is 11.1. The van der Waals surface area contributed by atoms with Crippen molar-refractivity contribution in [1.82, 2.24) is 9.78 Å². The fourth-order valence-electron chi connectivity index (χ4n) is 1.02. The Morgan fingerprint density at radius 2 is 2.50 bits per heavy atom. The molecule has 14 heavy (non-hydrogen) atoms. The van der Waals surface area contributed by atoms with Crippen molar-refractivity contribution >= 4 is 21.9 Å². The zero-order chi connectivity index (χ0) is 10.8. The highest BCUT2D eigenvalue weighted by Crippen LogP contribution is 2.12. The van der Waals surface area contributed by atoms with Gasteiger partial charge in [-0.2, -0.15) is 5.10 Å². The molecular weight excluding hydrogens is 252 g/mol. The lowest BCUT2D eigenvalue weighted by molar-refractivity contribution is -0.162. The van der Waals surface area contributed by atoms with Gasteiger partial charge < -0.3 is 9.84 Å². The van der Waals surface area contributed by atoms with Crippen LogP contribution in [0.25, 0.3) is 0 Å². The van der Waals surface area contributed by atoms with Crippen molar-refractivity contribution in [3.05, 3.63) is 16.9 Å². The molecule has 0 radical (unpaired) electrons. The van der Waals surface area contributed by atoms with E-state index in [1.807, 2.05) is 0 Å². The summed E-state index contributed by atoms with van der Waals surface area (Å²) in [5, 5.41) is 13.6. The third-order valence-corrected chi connectivity index (χ3v) is 2.11. The molecule has 0 bridgehead atoms. The number of rotatable bonds is 3. The average molecular weight is 263 g/mol. The van der Waals surface area contributed by atoms with Crippen LogP contribution in [0.2, 0.25) is 0 Å². The molecule has 0 aliphatic heterocycles. The van der Waals surface area contributed by atoms with Crippen LogP contribution in [0.15, 0.2) is 16.9 Å². The standard InChI is InChI=1S/C8H11BrN2O3/c1-8(13,7(12)14-2)5-11-4-6(9)3-10-11/h3-4,13H,5H2,1-2H3. The molecule has 0 spiro atoms. The van der Waals surface area contributed by atoms with Gasteiger partial charge >= 0.3 is 5.97 Å². The van der Waals surface area contributed by atoms with Crippen LogP contribution in [-0.4, -0.2) is 33.6 Å². The number of hydrogen-bond donors (Lipinski definition) is 1. The number of aliphatic hydroxyl groups is 1. The van der Waals surface area contributed by atoms with Crippen molar-refractivity contribution in [2.45, 2.75) is 19.1 Å². The molecule has 1 aromatic rings. The highest BCUT2D eigenvalue weighted by Gasteiger charge is 2.32. The zero-order valence-corrected chi connectivity index (χ0v) is 9.48. The summed E-state index contributed by atoms with van der Waals surface area (Å²) in [5.74, 6) is -0.677. The van der Waals surface area contributed by atoms with Gasteiger partial charge in [-0.1, -0.05) is 0 Å². The predicted octanol–water partition coefficient (Wildman–Crippen LogP) is 0.570. The molecule has 0 saturated carbocycles. The highest BCUT2D eigenvalue weighted by molar-refractivity contribution is 9.10. The van der Waals surface area contributed by atoms with Gasteiger partial charge in [0.15, 0.2) is 5.60 Å². The molecule has 0 aromatic carbocycles. The van der Waals surface area contributed by atoms with Gasteiger partial charge in [0.25, 0.3) is 0 Å². The Morgan fingerprint density at radius 1 is 1.86 bits per heavy atom. The maximum Gasteiger partial charge on any atom is 0.339 e. The van der Waals surface area contributed by atoms with Gasteiger partial charge in [0, 0.05) is 6.20 Å². The molecule has 1 atom stereocenters. The van der Waals surface area contributed by atoms with Crippen molar-refractivity contribution < 1.29 is 14.6 Å². The van der Waals surface area contributed by atoms with E-state index in [1.165, 1.54) is 18.7 Å². The number of halogens is 1. The van der Waals surface area contributed by atoms with E-state index in [0.29, 0.717) is 0 Å². The largest absolute Gasteiger partial charge is 0.467 e. The van der Waals surface area contributed by atoms with Crippen LogP contribution in [0.1, 0.15) is 6.92 Å². The molecule has 0 fully saturated rings. The van der Waals surface area contributed by atoms with Crippen molar-refractivity contribution in [3.8, 4) is 0 Å². The Morgan fingerprint density at radius 3 is 2.93 bits per heavy atom. The lowest BCUT2D eigenvalue weighted by Crippen LogP contribution is -2.40. The highest BCUT2D eigenvalue weighted by atomic mass is 79.9. The van der Waals surface area contributed by atoms with Crippen LogP contribution in [0.3, 0.4) is 0 Å². The third kappa shape index (κ3) is 2.55. The van der Waals surface area contributed by atoms with Crippen LogP contribution >= 0.6 is 15.9 Å². The van der Waals surface area contributed by atoms with E-state index in [0.717, 1.165) is 4.47 Å². The number of esters is 1. The first-order valence-electron chi connectivity index (χ1n) is 3.94. The van der Waals surface area contributed by atoms with Gasteiger partial charge in [-0.3, -0.25) is 4.68 Å². The quantitative estimate of drug-likeness (QED) is 0.810. The summed E-state index contributed by atoms with van der Waals surface area (Å²) in [5.41, 5.74) is -1.56. The van der Waals surface area contributed by atoms with E-state index in [9.17, 15) is 9.90 Å². The van der Waals surface area contributed by atoms with Crippen molar-refractivity contribution in [1.29, 1.82) is 0 Å². The van der Waals surface area contributed by atoms with Crippen LogP contribution in [0, 0.1) is 0 Å². The van der Waals surface area contributed by atoms with Crippen molar-refractivity contribution in [2.75, 3.05) is 7.11 Å². The number of aromatic nitrogens is 2. The summed E-state index contributed by atoms with van der Waals surface area (Å²) >= 11 is 3.21. The van der Waals surface area contributed by atoms with E-state index < -0.39 is 11.6 Å². The first-order valence-corrected chi connectivity index (χ1v) is 4.74. The summed E-state index contributed by atoms with van der Waals surface area (Å²) in [7, 11) is 1.23. The zero-order valence-electron chi connectivity index (χ0n) is 7.90. The number of ether oxygens (including phenoxy) is 1. The third-order valence-electron chi connectivity index (χ3n) is 1.70. The minimum atomic E-state index is -1.56. The molecule has 0 aliphatic carbocycles. The van der Waals surface area contributed by atoms with E-state index >= 15 is 0 Å². The summed E-state index contributed by atoms with van der Waals surface area (Å²) in [4.78, 5) is 11.1. The Labute approximate surface area is 89.8 Å². The molecule has 1 unspecified atom stereocenters. The molecule has 1 rings (SSSR count). The minimum Gasteiger partial charge on any atom is -0.467 e. The second kappa shape index (κ2) is 4.10. The molecule has 78 valence electrons. The Kier molecular flexibility index (Phi) is 3.28. The van der Waals surface area contributed by atoms with E-state index in [4.69, 9.17) is 0 Å². The minimum absolute atomic E-state index is 0.0608. The molecule has 1 aromatic heterocycles. The summed E-state index contributed by atoms with van der Waals surface area (Å²) in [6.07, 6.45) is 3.24. The molecule has 0 amide bonds. The Bertz CT molecular complexity index is 335. The van der Waals surface area contributed by atoms with E-state index in [2.05, 4.69) is 25.8 Å². The lowest BCUT2D eigenvalue weighted by Gasteiger charge is -2.19. The van der Waals surface area contributed by atoms with E-state index in [1.54, 1.807) is 12.4 Å². The number of methoxy groups -OCH3 is 1. The summed E-state index contributed by atoms with van der Waals surface area (Å²) in [6, 6.07) is 0. The lowest BCUT2D eigenvalue weighted by atomic mass is 10.1. The summed E-state index contributed by atoms with van der Waals surface area (Å²) < 4.78 is 6.70. The molecular formula is C8H11BrN2O3. The maximum absolute atomic E-state index is 11.1. The molecule has 1 N–H and O–H groups in total. The number of hydrogen-bond acceptors (Lipinski definition) is 4. The smallest absolute Gasteiger partial charge is 0.339 e. The van der Waals surface area contributed by atoms with Crippen molar-refractivity contribution in [2.24, 2.45) is 0 Å². The van der Waals surface area contributed by atoms with Gasteiger partial charge in [0.2, 0.25) is 0 Å². The summed E-state index contributed by atoms with van der Waals surface area (Å²) in [6.45, 7) is 1.44. The monoisotopic (exact) mass is 262 g/mol. The molecule has 5 nitrogen and oxygen atoms in total. The Balaban J connectivity index is 2.72. The molecule has 0 saturated heterocycles. The predicted molar refractivity (Wildman–Crippen MR) is 52.6 cm³/mol. The van der Waals surface area contributed by atoms with Gasteiger partial charge in [-0.05, 0) is 22.9 Å². The fraction of sp³-hybridized carbons (Fsp3) is 0.500. The SMILES string of the molecule is COC(=O)C(C)(O)Cn1cc(Br)cn1. The first kappa shape index (κ1) is 11.2. The number of nitrogens with zero attached hydrogens (tertiary/aromatic N) is 2. The topological polar surface area (TPSA) is 64.3 Å². The van der Waals surface area contributed by atoms with Crippen molar-refractivity contribution in [3.63, 3.8) is 0 Å². The second-order valence-corrected chi connectivity index (χ2v) is 4.04. The normalized spacial score (nSPS) is 14.9. The van der Waals surface area contributed by atoms with Gasteiger partial charge in [0.05, 0.1) is 24.3 Å². The number of carbonyl (C=O) groups excluding carboxylic acids is 1. The molecule has 6 heteroatoms. The van der Waals surface area contributed by atoms with Crippen LogP contribution in [0.5, 0.6) is 0 Å². The molecule has 1 heterocycles. The van der Waals surface area contributed by atoms with Gasteiger partial charge in [-0.15, -0.1) is 0 Å².